The van der Waals surface area contributed by atoms with Gasteiger partial charge in [-0.3, -0.25) is 14.8 Å². The van der Waals surface area contributed by atoms with Crippen LogP contribution in [-0.4, -0.2) is 45.4 Å². The Morgan fingerprint density at radius 2 is 1.43 bits per heavy atom. The molecule has 9 nitrogen and oxygen atoms in total. The largest absolute Gasteiger partial charge is 0.421 e. The Morgan fingerprint density at radius 3 is 1.93 bits per heavy atom. The summed E-state index contributed by atoms with van der Waals surface area (Å²) >= 11 is 0. The zero-order valence-corrected chi connectivity index (χ0v) is 25.1. The number of hydrogen-bond acceptors (Lipinski definition) is 8. The van der Waals surface area contributed by atoms with Crippen molar-refractivity contribution in [3.63, 3.8) is 0 Å². The van der Waals surface area contributed by atoms with Crippen molar-refractivity contribution < 1.29 is 37.2 Å². The first kappa shape index (κ1) is 33.7. The smallest absolute Gasteiger partial charge is 0.390 e. The molecular formula is C32H40F3N3O6. The van der Waals surface area contributed by atoms with Crippen LogP contribution in [0.5, 0.6) is 0 Å². The lowest BCUT2D eigenvalue weighted by atomic mass is 10.1. The third-order valence-electron chi connectivity index (χ3n) is 7.66. The number of aromatic nitrogens is 3. The normalized spacial score (nSPS) is 18.9. The van der Waals surface area contributed by atoms with Gasteiger partial charge in [-0.2, -0.15) is 13.2 Å². The van der Waals surface area contributed by atoms with E-state index in [0.29, 0.717) is 24.6 Å². The molecule has 0 amide bonds. The predicted octanol–water partition coefficient (Wildman–Crippen LogP) is 5.59. The van der Waals surface area contributed by atoms with E-state index in [9.17, 15) is 23.1 Å². The van der Waals surface area contributed by atoms with Crippen LogP contribution in [0.3, 0.4) is 0 Å². The molecule has 3 aromatic heterocycles. The number of aryl methyl sites for hydroxylation is 2. The third-order valence-corrected chi connectivity index (χ3v) is 7.66. The molecule has 5 heterocycles. The molecule has 2 saturated heterocycles. The first-order valence-electron chi connectivity index (χ1n) is 14.9. The molecule has 2 atom stereocenters. The molecule has 0 spiro atoms. The van der Waals surface area contributed by atoms with E-state index < -0.39 is 17.3 Å². The van der Waals surface area contributed by atoms with E-state index in [1.165, 1.54) is 12.3 Å². The van der Waals surface area contributed by atoms with Crippen LogP contribution in [0, 0.1) is 13.8 Å². The second-order valence-corrected chi connectivity index (χ2v) is 10.8. The van der Waals surface area contributed by atoms with Crippen molar-refractivity contribution in [2.45, 2.75) is 97.5 Å². The van der Waals surface area contributed by atoms with E-state index in [0.717, 1.165) is 78.0 Å². The van der Waals surface area contributed by atoms with E-state index in [2.05, 4.69) is 9.97 Å². The Kier molecular flexibility index (Phi) is 12.4. The van der Waals surface area contributed by atoms with Gasteiger partial charge in [-0.05, 0) is 87.8 Å². The quantitative estimate of drug-likeness (QED) is 0.331. The Bertz CT molecular complexity index is 1400. The summed E-state index contributed by atoms with van der Waals surface area (Å²) in [6.45, 7) is 5.89. The highest BCUT2D eigenvalue weighted by Crippen LogP contribution is 2.26. The maximum Gasteiger partial charge on any atom is 0.421 e. The minimum Gasteiger partial charge on any atom is -0.390 e. The molecule has 5 rings (SSSR count). The van der Waals surface area contributed by atoms with E-state index in [4.69, 9.17) is 18.9 Å². The molecule has 12 heteroatoms. The van der Waals surface area contributed by atoms with E-state index in [-0.39, 0.29) is 32.3 Å². The van der Waals surface area contributed by atoms with Gasteiger partial charge in [-0.25, -0.2) is 0 Å². The molecule has 3 aromatic rings. The fraction of sp³-hybridized carbons (Fsp3) is 0.531. The number of halogens is 3. The highest BCUT2D eigenvalue weighted by Gasteiger charge is 2.34. The zero-order valence-electron chi connectivity index (χ0n) is 25.1. The highest BCUT2D eigenvalue weighted by atomic mass is 19.4. The molecule has 44 heavy (non-hydrogen) atoms. The molecule has 240 valence electrons. The van der Waals surface area contributed by atoms with Gasteiger partial charge in [0, 0.05) is 42.9 Å². The average molecular weight is 620 g/mol. The van der Waals surface area contributed by atoms with E-state index in [1.54, 1.807) is 18.5 Å². The fourth-order valence-corrected chi connectivity index (χ4v) is 5.03. The fourth-order valence-electron chi connectivity index (χ4n) is 5.03. The van der Waals surface area contributed by atoms with Crippen LogP contribution in [0.2, 0.25) is 0 Å². The molecule has 2 fully saturated rings. The zero-order chi connectivity index (χ0) is 31.5. The molecule has 0 radical (unpaired) electrons. The van der Waals surface area contributed by atoms with Gasteiger partial charge >= 0.3 is 6.18 Å². The summed E-state index contributed by atoms with van der Waals surface area (Å²) in [6.07, 6.45) is 5.61. The highest BCUT2D eigenvalue weighted by molar-refractivity contribution is 5.29. The van der Waals surface area contributed by atoms with Crippen molar-refractivity contribution in [2.24, 2.45) is 0 Å². The van der Waals surface area contributed by atoms with Gasteiger partial charge in [0.25, 0.3) is 5.56 Å². The molecule has 0 aliphatic carbocycles. The number of aliphatic hydroxyl groups excluding tert-OH is 1. The van der Waals surface area contributed by atoms with Crippen LogP contribution in [0.25, 0.3) is 0 Å². The molecule has 2 aliphatic heterocycles. The van der Waals surface area contributed by atoms with Crippen LogP contribution >= 0.6 is 0 Å². The van der Waals surface area contributed by atoms with E-state index >= 15 is 0 Å². The summed E-state index contributed by atoms with van der Waals surface area (Å²) in [5.41, 5.74) is 2.66. The second kappa shape index (κ2) is 16.2. The van der Waals surface area contributed by atoms with Gasteiger partial charge in [-0.15, -0.1) is 0 Å². The maximum absolute atomic E-state index is 13.0. The number of rotatable bonds is 9. The van der Waals surface area contributed by atoms with Crippen molar-refractivity contribution in [3.05, 3.63) is 92.4 Å². The molecule has 1 N–H and O–H groups in total. The summed E-state index contributed by atoms with van der Waals surface area (Å²) in [4.78, 5) is 20.6. The number of nitrogens with zero attached hydrogens (tertiary/aromatic N) is 3. The lowest BCUT2D eigenvalue weighted by Crippen LogP contribution is -2.29. The van der Waals surface area contributed by atoms with Crippen molar-refractivity contribution in [1.29, 1.82) is 0 Å². The topological polar surface area (TPSA) is 105 Å². The second-order valence-electron chi connectivity index (χ2n) is 10.8. The standard InChI is InChI=1S/C19H21F3N2O3.C13H19NO3/c1-13-7-8-23-16(14(13)12-27-17-6-2-3-10-26-17)11-24-9-4-5-15(18(24)25)19(20,21)22;1-10-5-6-14-12(8-15)11(10)9-17-13-4-2-3-7-16-13/h4-5,7-9,17H,2-3,6,10-12H2,1H3;5-6,13,15H,2-4,7-9H2,1H3. The Morgan fingerprint density at radius 1 is 0.886 bits per heavy atom. The number of alkyl halides is 3. The SMILES string of the molecule is Cc1ccnc(CO)c1COC1CCCCO1.Cc1ccnc(Cn2cccc(C(F)(F)F)c2=O)c1COC1CCCCO1. The summed E-state index contributed by atoms with van der Waals surface area (Å²) in [5, 5.41) is 9.23. The van der Waals surface area contributed by atoms with Crippen molar-refractivity contribution >= 4 is 0 Å². The molecule has 2 aliphatic rings. The lowest BCUT2D eigenvalue weighted by Gasteiger charge is -2.23. The van der Waals surface area contributed by atoms with Crippen LogP contribution in [0.15, 0.2) is 47.7 Å². The third kappa shape index (κ3) is 9.42. The lowest BCUT2D eigenvalue weighted by molar-refractivity contribution is -0.169. The predicted molar refractivity (Wildman–Crippen MR) is 155 cm³/mol. The maximum atomic E-state index is 13.0. The van der Waals surface area contributed by atoms with Gasteiger partial charge in [0.2, 0.25) is 0 Å². The Labute approximate surface area is 255 Å². The summed E-state index contributed by atoms with van der Waals surface area (Å²) in [7, 11) is 0. The minimum atomic E-state index is -4.69. The van der Waals surface area contributed by atoms with Crippen LogP contribution in [0.4, 0.5) is 13.2 Å². The van der Waals surface area contributed by atoms with Crippen LogP contribution < -0.4 is 5.56 Å². The summed E-state index contributed by atoms with van der Waals surface area (Å²) in [5.74, 6) is 0. The monoisotopic (exact) mass is 619 g/mol. The van der Waals surface area contributed by atoms with Crippen molar-refractivity contribution in [3.8, 4) is 0 Å². The van der Waals surface area contributed by atoms with Crippen LogP contribution in [-0.2, 0) is 51.5 Å². The number of ether oxygens (including phenoxy) is 4. The van der Waals surface area contributed by atoms with Gasteiger partial charge in [0.05, 0.1) is 37.8 Å². The Balaban J connectivity index is 0.000000223. The van der Waals surface area contributed by atoms with E-state index in [1.807, 2.05) is 19.9 Å². The summed E-state index contributed by atoms with van der Waals surface area (Å²) in [6, 6.07) is 5.73. The molecular weight excluding hydrogens is 579 g/mol. The minimum absolute atomic E-state index is 0.0497. The van der Waals surface area contributed by atoms with Gasteiger partial charge < -0.3 is 28.6 Å². The number of pyridine rings is 3. The Hall–Kier alpha value is -3.16. The summed E-state index contributed by atoms with van der Waals surface area (Å²) < 4.78 is 62.5. The molecule has 0 bridgehead atoms. The number of hydrogen-bond donors (Lipinski definition) is 1. The number of aliphatic hydroxyl groups is 1. The first-order valence-corrected chi connectivity index (χ1v) is 14.9. The van der Waals surface area contributed by atoms with Gasteiger partial charge in [0.1, 0.15) is 5.56 Å². The molecule has 0 aromatic carbocycles. The molecule has 2 unspecified atom stereocenters. The average Bonchev–Trinajstić information content (AvgIpc) is 3.02. The van der Waals surface area contributed by atoms with Crippen molar-refractivity contribution in [1.82, 2.24) is 14.5 Å². The molecule has 0 saturated carbocycles. The first-order chi connectivity index (χ1) is 21.2. The van der Waals surface area contributed by atoms with Gasteiger partial charge in [0.15, 0.2) is 12.6 Å². The van der Waals surface area contributed by atoms with Crippen molar-refractivity contribution in [2.75, 3.05) is 13.2 Å². The van der Waals surface area contributed by atoms with Crippen LogP contribution in [0.1, 0.15) is 77.7 Å². The van der Waals surface area contributed by atoms with Gasteiger partial charge in [-0.1, -0.05) is 0 Å².